The Morgan fingerprint density at radius 2 is 1.91 bits per heavy atom. The zero-order valence-corrected chi connectivity index (χ0v) is 13.2. The van der Waals surface area contributed by atoms with Crippen molar-refractivity contribution in [1.82, 2.24) is 4.72 Å². The van der Waals surface area contributed by atoms with Crippen molar-refractivity contribution >= 4 is 10.0 Å². The van der Waals surface area contributed by atoms with E-state index in [0.29, 0.717) is 31.6 Å². The third-order valence-corrected chi connectivity index (χ3v) is 5.76. The summed E-state index contributed by atoms with van der Waals surface area (Å²) in [6, 6.07) is 3.64. The van der Waals surface area contributed by atoms with Gasteiger partial charge in [-0.05, 0) is 49.9 Å². The van der Waals surface area contributed by atoms with Crippen LogP contribution in [-0.2, 0) is 19.5 Å². The highest BCUT2D eigenvalue weighted by Crippen LogP contribution is 2.28. The number of fused-ring (bicyclic) bond motifs is 1. The maximum absolute atomic E-state index is 13.3. The van der Waals surface area contributed by atoms with Crippen LogP contribution in [0.25, 0.3) is 0 Å². The summed E-state index contributed by atoms with van der Waals surface area (Å²) < 4.78 is 52.1. The van der Waals surface area contributed by atoms with Gasteiger partial charge in [-0.25, -0.2) is 17.5 Å². The van der Waals surface area contributed by atoms with E-state index < -0.39 is 15.8 Å². The molecule has 1 aromatic carbocycles. The van der Waals surface area contributed by atoms with Crippen LogP contribution < -0.4 is 4.72 Å². The van der Waals surface area contributed by atoms with Crippen molar-refractivity contribution in [3.8, 4) is 0 Å². The molecule has 3 unspecified atom stereocenters. The first-order chi connectivity index (χ1) is 10.5. The molecule has 1 aliphatic carbocycles. The summed E-state index contributed by atoms with van der Waals surface area (Å²) in [5.74, 6) is -0.410. The van der Waals surface area contributed by atoms with Crippen LogP contribution in [0.4, 0.5) is 4.39 Å². The second-order valence-corrected chi connectivity index (χ2v) is 7.57. The fraction of sp³-hybridized carbons (Fsp3) is 0.600. The average Bonchev–Trinajstić information content (AvgIpc) is 2.49. The molecule has 3 atom stereocenters. The van der Waals surface area contributed by atoms with Crippen LogP contribution in [0, 0.1) is 12.7 Å². The quantitative estimate of drug-likeness (QED) is 0.917. The van der Waals surface area contributed by atoms with Gasteiger partial charge in [0.1, 0.15) is 5.82 Å². The number of hydrogen-bond donors (Lipinski definition) is 1. The van der Waals surface area contributed by atoms with Gasteiger partial charge in [0.25, 0.3) is 0 Å². The predicted molar refractivity (Wildman–Crippen MR) is 78.6 cm³/mol. The van der Waals surface area contributed by atoms with Crippen molar-refractivity contribution in [2.45, 2.75) is 49.3 Å². The Morgan fingerprint density at radius 1 is 1.18 bits per heavy atom. The smallest absolute Gasteiger partial charge is 0.240 e. The molecule has 0 bridgehead atoms. The summed E-state index contributed by atoms with van der Waals surface area (Å²) in [6.07, 6.45) is 2.11. The van der Waals surface area contributed by atoms with Crippen LogP contribution in [-0.4, -0.2) is 39.9 Å². The molecular weight excluding hydrogens is 309 g/mol. The molecule has 3 rings (SSSR count). The molecule has 0 aromatic heterocycles. The summed E-state index contributed by atoms with van der Waals surface area (Å²) in [4.78, 5) is 0.0920. The topological polar surface area (TPSA) is 64.6 Å². The van der Waals surface area contributed by atoms with E-state index in [1.54, 1.807) is 6.92 Å². The van der Waals surface area contributed by atoms with Crippen molar-refractivity contribution < 1.29 is 22.3 Å². The number of hydrogen-bond acceptors (Lipinski definition) is 4. The first-order valence-corrected chi connectivity index (χ1v) is 8.96. The van der Waals surface area contributed by atoms with Gasteiger partial charge in [-0.3, -0.25) is 0 Å². The predicted octanol–water partition coefficient (Wildman–Crippen LogP) is 1.75. The van der Waals surface area contributed by atoms with Gasteiger partial charge >= 0.3 is 0 Å². The first-order valence-electron chi connectivity index (χ1n) is 7.47. The van der Waals surface area contributed by atoms with Crippen molar-refractivity contribution in [3.05, 3.63) is 29.6 Å². The highest BCUT2D eigenvalue weighted by atomic mass is 32.2. The van der Waals surface area contributed by atoms with Crippen molar-refractivity contribution in [1.29, 1.82) is 0 Å². The fourth-order valence-corrected chi connectivity index (χ4v) is 4.41. The summed E-state index contributed by atoms with van der Waals surface area (Å²) in [5.41, 5.74) is 0.315. The summed E-state index contributed by atoms with van der Waals surface area (Å²) in [6.45, 7) is 2.71. The molecular formula is C15H20FNO4S. The van der Waals surface area contributed by atoms with Crippen LogP contribution in [0.1, 0.15) is 24.8 Å². The van der Waals surface area contributed by atoms with Gasteiger partial charge in [0.05, 0.1) is 30.3 Å². The minimum absolute atomic E-state index is 0.0508. The second-order valence-electron chi connectivity index (χ2n) is 5.86. The van der Waals surface area contributed by atoms with Crippen LogP contribution in [0.3, 0.4) is 0 Å². The Morgan fingerprint density at radius 3 is 2.64 bits per heavy atom. The van der Waals surface area contributed by atoms with E-state index in [9.17, 15) is 12.8 Å². The van der Waals surface area contributed by atoms with Gasteiger partial charge < -0.3 is 9.47 Å². The first kappa shape index (κ1) is 15.9. The number of ether oxygens (including phenoxy) is 2. The number of rotatable bonds is 3. The van der Waals surface area contributed by atoms with E-state index >= 15 is 0 Å². The van der Waals surface area contributed by atoms with E-state index in [1.807, 2.05) is 0 Å². The zero-order valence-electron chi connectivity index (χ0n) is 12.4. The molecule has 0 amide bonds. The molecule has 1 aromatic rings. The lowest BCUT2D eigenvalue weighted by Gasteiger charge is -2.38. The van der Waals surface area contributed by atoms with E-state index in [-0.39, 0.29) is 23.1 Å². The maximum Gasteiger partial charge on any atom is 0.240 e. The second kappa shape index (κ2) is 6.23. The van der Waals surface area contributed by atoms with Gasteiger partial charge in [-0.15, -0.1) is 0 Å². The zero-order chi connectivity index (χ0) is 15.7. The number of halogens is 1. The molecule has 7 heteroatoms. The SMILES string of the molecule is Cc1cc(S(=O)(=O)NC2CCC3OCCOC3C2)ccc1F. The molecule has 22 heavy (non-hydrogen) atoms. The molecule has 122 valence electrons. The number of sulfonamides is 1. The molecule has 1 saturated carbocycles. The van der Waals surface area contributed by atoms with Crippen molar-refractivity contribution in [2.24, 2.45) is 0 Å². The van der Waals surface area contributed by atoms with E-state index in [1.165, 1.54) is 18.2 Å². The van der Waals surface area contributed by atoms with Gasteiger partial charge in [-0.1, -0.05) is 0 Å². The largest absolute Gasteiger partial charge is 0.373 e. The van der Waals surface area contributed by atoms with E-state index in [4.69, 9.17) is 9.47 Å². The maximum atomic E-state index is 13.3. The van der Waals surface area contributed by atoms with Crippen molar-refractivity contribution in [2.75, 3.05) is 13.2 Å². The van der Waals surface area contributed by atoms with E-state index in [2.05, 4.69) is 4.72 Å². The fourth-order valence-electron chi connectivity index (χ4n) is 3.05. The summed E-state index contributed by atoms with van der Waals surface area (Å²) >= 11 is 0. The number of nitrogens with one attached hydrogen (secondary N) is 1. The average molecular weight is 329 g/mol. The molecule has 2 aliphatic rings. The Hall–Kier alpha value is -1.02. The molecule has 2 fully saturated rings. The summed E-state index contributed by atoms with van der Waals surface area (Å²) in [5, 5.41) is 0. The van der Waals surface area contributed by atoms with E-state index in [0.717, 1.165) is 6.42 Å². The number of aryl methyl sites for hydroxylation is 1. The third kappa shape index (κ3) is 3.32. The highest BCUT2D eigenvalue weighted by molar-refractivity contribution is 7.89. The number of benzene rings is 1. The minimum Gasteiger partial charge on any atom is -0.373 e. The van der Waals surface area contributed by atoms with Gasteiger partial charge in [0.2, 0.25) is 10.0 Å². The lowest BCUT2D eigenvalue weighted by molar-refractivity contribution is -0.156. The lowest BCUT2D eigenvalue weighted by atomic mass is 9.90. The summed E-state index contributed by atoms with van der Waals surface area (Å²) in [7, 11) is -3.65. The Kier molecular flexibility index (Phi) is 4.49. The van der Waals surface area contributed by atoms with Crippen LogP contribution in [0.15, 0.2) is 23.1 Å². The Labute approximate surface area is 129 Å². The molecule has 1 heterocycles. The molecule has 1 aliphatic heterocycles. The molecule has 0 radical (unpaired) electrons. The highest BCUT2D eigenvalue weighted by Gasteiger charge is 2.35. The van der Waals surface area contributed by atoms with Gasteiger partial charge in [0.15, 0.2) is 0 Å². The molecule has 0 spiro atoms. The third-order valence-electron chi connectivity index (χ3n) is 4.24. The molecule has 5 nitrogen and oxygen atoms in total. The van der Waals surface area contributed by atoms with Crippen LogP contribution in [0.2, 0.25) is 0 Å². The Bertz CT molecular complexity index is 649. The van der Waals surface area contributed by atoms with Crippen LogP contribution >= 0.6 is 0 Å². The normalized spacial score (nSPS) is 29.1. The monoisotopic (exact) mass is 329 g/mol. The van der Waals surface area contributed by atoms with Gasteiger partial charge in [-0.2, -0.15) is 0 Å². The van der Waals surface area contributed by atoms with Gasteiger partial charge in [0, 0.05) is 6.04 Å². The van der Waals surface area contributed by atoms with Crippen LogP contribution in [0.5, 0.6) is 0 Å². The Balaban J connectivity index is 1.70. The lowest BCUT2D eigenvalue weighted by Crippen LogP contribution is -2.49. The minimum atomic E-state index is -3.65. The standard InChI is InChI=1S/C15H20FNO4S/c1-10-8-12(3-4-13(10)16)22(18,19)17-11-2-5-14-15(9-11)21-7-6-20-14/h3-4,8,11,14-15,17H,2,5-7,9H2,1H3. The molecule has 1 N–H and O–H groups in total. The molecule has 1 saturated heterocycles. The van der Waals surface area contributed by atoms with Crippen molar-refractivity contribution in [3.63, 3.8) is 0 Å².